The molecule has 2 aromatic rings. The number of primary amides is 1. The van der Waals surface area contributed by atoms with Crippen molar-refractivity contribution in [3.05, 3.63) is 58.1 Å². The van der Waals surface area contributed by atoms with Crippen molar-refractivity contribution >= 4 is 23.5 Å². The van der Waals surface area contributed by atoms with E-state index in [0.717, 1.165) is 42.4 Å². The highest BCUT2D eigenvalue weighted by Crippen LogP contribution is 2.44. The molecule has 7 nitrogen and oxygen atoms in total. The van der Waals surface area contributed by atoms with Gasteiger partial charge in [-0.2, -0.15) is 0 Å². The number of carbonyl (C=O) groups excluding carboxylic acids is 2. The third kappa shape index (κ3) is 5.20. The number of ether oxygens (including phenoxy) is 2. The normalized spacial score (nSPS) is 22.1. The summed E-state index contributed by atoms with van der Waals surface area (Å²) in [5.41, 5.74) is 8.48. The molecular weight excluding hydrogens is 466 g/mol. The van der Waals surface area contributed by atoms with Crippen LogP contribution in [0, 0.1) is 0 Å². The molecule has 0 bridgehead atoms. The van der Waals surface area contributed by atoms with Gasteiger partial charge in [0.2, 0.25) is 5.91 Å². The zero-order valence-electron chi connectivity index (χ0n) is 20.8. The van der Waals surface area contributed by atoms with E-state index in [1.54, 1.807) is 19.1 Å². The highest BCUT2D eigenvalue weighted by Gasteiger charge is 2.40. The summed E-state index contributed by atoms with van der Waals surface area (Å²) in [6.07, 6.45) is 3.50. The van der Waals surface area contributed by atoms with E-state index in [9.17, 15) is 9.59 Å². The third-order valence-corrected chi connectivity index (χ3v) is 7.38. The lowest BCUT2D eigenvalue weighted by atomic mass is 9.82. The summed E-state index contributed by atoms with van der Waals surface area (Å²) < 4.78 is 11.7. The summed E-state index contributed by atoms with van der Waals surface area (Å²) in [6, 6.07) is 11.1. The van der Waals surface area contributed by atoms with Crippen LogP contribution in [0.1, 0.15) is 62.3 Å². The van der Waals surface area contributed by atoms with Crippen molar-refractivity contribution in [2.45, 2.75) is 70.2 Å². The third-order valence-electron chi connectivity index (χ3n) is 7.13. The lowest BCUT2D eigenvalue weighted by Crippen LogP contribution is -2.51. The van der Waals surface area contributed by atoms with Gasteiger partial charge in [-0.1, -0.05) is 23.7 Å². The molecule has 0 radical (unpaired) electrons. The largest absolute Gasteiger partial charge is 0.493 e. The first kappa shape index (κ1) is 25.2. The van der Waals surface area contributed by atoms with Crippen LogP contribution in [-0.4, -0.2) is 54.1 Å². The number of urea groups is 1. The van der Waals surface area contributed by atoms with Crippen molar-refractivity contribution in [2.24, 2.45) is 5.73 Å². The van der Waals surface area contributed by atoms with Crippen molar-refractivity contribution in [3.63, 3.8) is 0 Å². The number of amides is 3. The quantitative estimate of drug-likeness (QED) is 0.610. The number of methoxy groups -OCH3 is 1. The summed E-state index contributed by atoms with van der Waals surface area (Å²) in [4.78, 5) is 28.9. The van der Waals surface area contributed by atoms with Gasteiger partial charge in [0.25, 0.3) is 0 Å². The van der Waals surface area contributed by atoms with Crippen molar-refractivity contribution in [3.8, 4) is 11.5 Å². The Labute approximate surface area is 212 Å². The maximum Gasteiger partial charge on any atom is 0.314 e. The van der Waals surface area contributed by atoms with Gasteiger partial charge in [-0.05, 0) is 80.5 Å². The number of benzene rings is 2. The molecular formula is C27H34ClN3O4. The number of nitrogens with two attached hydrogens (primary N) is 1. The molecule has 0 spiro atoms. The Morgan fingerprint density at radius 3 is 2.34 bits per heavy atom. The van der Waals surface area contributed by atoms with Crippen LogP contribution in [0.4, 0.5) is 4.79 Å². The molecule has 3 amide bonds. The molecule has 0 aromatic heterocycles. The van der Waals surface area contributed by atoms with Gasteiger partial charge in [0.05, 0.1) is 25.7 Å². The monoisotopic (exact) mass is 499 g/mol. The van der Waals surface area contributed by atoms with Gasteiger partial charge in [0.1, 0.15) is 0 Å². The van der Waals surface area contributed by atoms with E-state index in [1.165, 1.54) is 0 Å². The summed E-state index contributed by atoms with van der Waals surface area (Å²) in [6.45, 7) is 3.96. The number of hydrogen-bond donors (Lipinski definition) is 1. The van der Waals surface area contributed by atoms with E-state index < -0.39 is 6.03 Å². The van der Waals surface area contributed by atoms with Gasteiger partial charge in [-0.15, -0.1) is 0 Å². The van der Waals surface area contributed by atoms with Crippen LogP contribution in [0.3, 0.4) is 0 Å². The average molecular weight is 500 g/mol. The van der Waals surface area contributed by atoms with E-state index in [1.807, 2.05) is 55.1 Å². The average Bonchev–Trinajstić information content (AvgIpc) is 2.83. The van der Waals surface area contributed by atoms with Gasteiger partial charge in [0, 0.05) is 24.2 Å². The van der Waals surface area contributed by atoms with Crippen LogP contribution in [0.25, 0.3) is 0 Å². The second-order valence-electron chi connectivity index (χ2n) is 9.71. The first-order valence-electron chi connectivity index (χ1n) is 12.2. The first-order valence-corrected chi connectivity index (χ1v) is 12.5. The van der Waals surface area contributed by atoms with Crippen LogP contribution in [0.5, 0.6) is 11.5 Å². The molecule has 1 aliphatic carbocycles. The predicted octanol–water partition coefficient (Wildman–Crippen LogP) is 4.93. The minimum absolute atomic E-state index is 0.0187. The summed E-state index contributed by atoms with van der Waals surface area (Å²) in [7, 11) is 3.36. The first-order chi connectivity index (χ1) is 16.7. The molecule has 188 valence electrons. The second kappa shape index (κ2) is 10.4. The lowest BCUT2D eigenvalue weighted by molar-refractivity contribution is -0.137. The maximum absolute atomic E-state index is 13.6. The summed E-state index contributed by atoms with van der Waals surface area (Å²) in [5.74, 6) is 1.38. The Balaban J connectivity index is 1.74. The molecule has 1 saturated carbocycles. The highest BCUT2D eigenvalue weighted by molar-refractivity contribution is 6.30. The molecule has 2 aromatic carbocycles. The Morgan fingerprint density at radius 2 is 1.77 bits per heavy atom. The fourth-order valence-electron chi connectivity index (χ4n) is 5.38. The van der Waals surface area contributed by atoms with Crippen LogP contribution in [0.2, 0.25) is 5.02 Å². The Bertz CT molecular complexity index is 1080. The number of rotatable bonds is 6. The smallest absolute Gasteiger partial charge is 0.314 e. The number of carbonyl (C=O) groups is 2. The van der Waals surface area contributed by atoms with Gasteiger partial charge < -0.3 is 25.0 Å². The van der Waals surface area contributed by atoms with Crippen LogP contribution in [0.15, 0.2) is 36.4 Å². The topological polar surface area (TPSA) is 85.1 Å². The molecule has 8 heteroatoms. The van der Waals surface area contributed by atoms with Gasteiger partial charge in [-0.3, -0.25) is 4.79 Å². The van der Waals surface area contributed by atoms with Crippen molar-refractivity contribution < 1.29 is 19.1 Å². The van der Waals surface area contributed by atoms with Crippen LogP contribution >= 0.6 is 11.6 Å². The zero-order valence-corrected chi connectivity index (χ0v) is 21.5. The molecule has 0 saturated heterocycles. The molecule has 1 heterocycles. The van der Waals surface area contributed by atoms with E-state index in [-0.39, 0.29) is 30.1 Å². The summed E-state index contributed by atoms with van der Waals surface area (Å²) in [5, 5.41) is 0.649. The summed E-state index contributed by atoms with van der Waals surface area (Å²) >= 11 is 6.20. The molecule has 2 N–H and O–H groups in total. The fourth-order valence-corrected chi connectivity index (χ4v) is 5.51. The van der Waals surface area contributed by atoms with E-state index in [2.05, 4.69) is 0 Å². The highest BCUT2D eigenvalue weighted by atomic mass is 35.5. The van der Waals surface area contributed by atoms with Crippen LogP contribution in [-0.2, 0) is 11.2 Å². The van der Waals surface area contributed by atoms with Crippen molar-refractivity contribution in [2.75, 3.05) is 14.2 Å². The van der Waals surface area contributed by atoms with Gasteiger partial charge in [0.15, 0.2) is 11.5 Å². The maximum atomic E-state index is 13.6. The van der Waals surface area contributed by atoms with Crippen molar-refractivity contribution in [1.29, 1.82) is 0 Å². The number of halogens is 1. The minimum Gasteiger partial charge on any atom is -0.493 e. The minimum atomic E-state index is -0.415. The molecule has 1 unspecified atom stereocenters. The number of hydrogen-bond acceptors (Lipinski definition) is 4. The standard InChI is InChI=1S/C27H34ClN3O4/c1-16(2)35-24-15-22-18(13-23(24)34-4)14-25(32)31(26(22)17-5-7-19(28)8-6-17)21-11-9-20(10-12-21)30(3)27(29)33/h5-8,13,15-16,20-21,26H,9-12,14H2,1-4H3,(H2,29,33)/t20-,21-,26?. The van der Waals surface area contributed by atoms with E-state index >= 15 is 0 Å². The number of nitrogens with zero attached hydrogens (tertiary/aromatic N) is 2. The molecule has 2 aliphatic rings. The molecule has 4 rings (SSSR count). The Kier molecular flexibility index (Phi) is 7.45. The number of fused-ring (bicyclic) bond motifs is 1. The molecule has 1 aliphatic heterocycles. The fraction of sp³-hybridized carbons (Fsp3) is 0.481. The Morgan fingerprint density at radius 1 is 1.11 bits per heavy atom. The van der Waals surface area contributed by atoms with E-state index in [0.29, 0.717) is 22.9 Å². The van der Waals surface area contributed by atoms with Crippen LogP contribution < -0.4 is 15.2 Å². The van der Waals surface area contributed by atoms with Gasteiger partial charge >= 0.3 is 6.03 Å². The predicted molar refractivity (Wildman–Crippen MR) is 136 cm³/mol. The van der Waals surface area contributed by atoms with Gasteiger partial charge in [-0.25, -0.2) is 4.79 Å². The zero-order chi connectivity index (χ0) is 25.3. The second-order valence-corrected chi connectivity index (χ2v) is 10.1. The van der Waals surface area contributed by atoms with E-state index in [4.69, 9.17) is 26.8 Å². The molecule has 1 fully saturated rings. The van der Waals surface area contributed by atoms with Crippen molar-refractivity contribution in [1.82, 2.24) is 9.80 Å². The Hall–Kier alpha value is -2.93. The molecule has 1 atom stereocenters. The SMILES string of the molecule is COc1cc2c(cc1OC(C)C)C(c1ccc(Cl)cc1)N([C@H]1CC[C@H](N(C)C(N)=O)CC1)C(=O)C2. The molecule has 35 heavy (non-hydrogen) atoms. The lowest BCUT2D eigenvalue weighted by Gasteiger charge is -2.46.